The number of carbonyl (C=O) groups excluding carboxylic acids is 1. The highest BCUT2D eigenvalue weighted by molar-refractivity contribution is 6.32. The fourth-order valence-corrected chi connectivity index (χ4v) is 2.06. The first-order chi connectivity index (χ1) is 8.47. The van der Waals surface area contributed by atoms with Crippen molar-refractivity contribution in [1.82, 2.24) is 0 Å². The molecule has 1 N–H and O–H groups in total. The first kappa shape index (κ1) is 12.9. The number of halogens is 1. The third kappa shape index (κ3) is 2.34. The van der Waals surface area contributed by atoms with Crippen molar-refractivity contribution in [1.29, 1.82) is 0 Å². The van der Waals surface area contributed by atoms with E-state index in [0.29, 0.717) is 17.6 Å². The SMILES string of the molecule is CC(Oc1ccc(C=O)cc1Cl)(C(=O)O)C1CC1. The van der Waals surface area contributed by atoms with E-state index in [-0.39, 0.29) is 10.9 Å². The molecule has 96 valence electrons. The Hall–Kier alpha value is -1.55. The van der Waals surface area contributed by atoms with Gasteiger partial charge in [0.2, 0.25) is 5.60 Å². The Labute approximate surface area is 110 Å². The maximum atomic E-state index is 11.3. The molecule has 0 saturated heterocycles. The lowest BCUT2D eigenvalue weighted by Crippen LogP contribution is -2.43. The van der Waals surface area contributed by atoms with Crippen LogP contribution < -0.4 is 4.74 Å². The van der Waals surface area contributed by atoms with Gasteiger partial charge in [0, 0.05) is 11.5 Å². The summed E-state index contributed by atoms with van der Waals surface area (Å²) in [5.74, 6) is -0.698. The summed E-state index contributed by atoms with van der Waals surface area (Å²) in [7, 11) is 0. The lowest BCUT2D eigenvalue weighted by Gasteiger charge is -2.26. The Morgan fingerprint density at radius 3 is 2.67 bits per heavy atom. The first-order valence-corrected chi connectivity index (χ1v) is 6.02. The van der Waals surface area contributed by atoms with Crippen molar-refractivity contribution in [3.63, 3.8) is 0 Å². The Kier molecular flexibility index (Phi) is 3.30. The van der Waals surface area contributed by atoms with Crippen LogP contribution in [0.2, 0.25) is 5.02 Å². The van der Waals surface area contributed by atoms with E-state index < -0.39 is 11.6 Å². The van der Waals surface area contributed by atoms with Crippen molar-refractivity contribution < 1.29 is 19.4 Å². The molecule has 0 heterocycles. The molecule has 0 aromatic heterocycles. The van der Waals surface area contributed by atoms with Crippen molar-refractivity contribution in [2.75, 3.05) is 0 Å². The third-order valence-electron chi connectivity index (χ3n) is 3.20. The number of rotatable bonds is 5. The van der Waals surface area contributed by atoms with E-state index in [1.807, 2.05) is 0 Å². The fourth-order valence-electron chi connectivity index (χ4n) is 1.84. The molecule has 1 atom stereocenters. The average molecular weight is 269 g/mol. The number of carbonyl (C=O) groups is 2. The molecular formula is C13H13ClO4. The van der Waals surface area contributed by atoms with Gasteiger partial charge in [-0.2, -0.15) is 0 Å². The summed E-state index contributed by atoms with van der Waals surface area (Å²) < 4.78 is 5.57. The van der Waals surface area contributed by atoms with Crippen molar-refractivity contribution in [3.8, 4) is 5.75 Å². The van der Waals surface area contributed by atoms with Crippen molar-refractivity contribution in [2.24, 2.45) is 5.92 Å². The van der Waals surface area contributed by atoms with Crippen molar-refractivity contribution >= 4 is 23.9 Å². The molecule has 0 radical (unpaired) electrons. The maximum absolute atomic E-state index is 11.3. The highest BCUT2D eigenvalue weighted by Crippen LogP contribution is 2.43. The second-order valence-electron chi connectivity index (χ2n) is 4.60. The molecule has 2 rings (SSSR count). The van der Waals surface area contributed by atoms with Gasteiger partial charge >= 0.3 is 5.97 Å². The zero-order valence-electron chi connectivity index (χ0n) is 9.85. The Morgan fingerprint density at radius 1 is 1.56 bits per heavy atom. The molecule has 1 unspecified atom stereocenters. The summed E-state index contributed by atoms with van der Waals surface area (Å²) in [5, 5.41) is 9.51. The molecule has 1 fully saturated rings. The molecule has 0 aliphatic heterocycles. The van der Waals surface area contributed by atoms with Gasteiger partial charge in [-0.15, -0.1) is 0 Å². The number of hydrogen-bond acceptors (Lipinski definition) is 3. The van der Waals surface area contributed by atoms with Gasteiger partial charge in [-0.05, 0) is 38.0 Å². The number of hydrogen-bond donors (Lipinski definition) is 1. The van der Waals surface area contributed by atoms with E-state index in [2.05, 4.69) is 0 Å². The molecule has 1 aliphatic carbocycles. The van der Waals surface area contributed by atoms with Gasteiger partial charge in [-0.3, -0.25) is 4.79 Å². The molecule has 1 saturated carbocycles. The highest BCUT2D eigenvalue weighted by atomic mass is 35.5. The predicted molar refractivity (Wildman–Crippen MR) is 66.2 cm³/mol. The minimum absolute atomic E-state index is 0.0109. The first-order valence-electron chi connectivity index (χ1n) is 5.64. The zero-order valence-corrected chi connectivity index (χ0v) is 10.6. The number of carboxylic acids is 1. The van der Waals surface area contributed by atoms with Crippen LogP contribution in [-0.2, 0) is 4.79 Å². The number of benzene rings is 1. The normalized spacial score (nSPS) is 17.9. The minimum atomic E-state index is -1.26. The largest absolute Gasteiger partial charge is 0.478 e. The predicted octanol–water partition coefficient (Wildman–Crippen LogP) is 2.78. The standard InChI is InChI=1S/C13H13ClO4/c1-13(12(16)17,9-3-4-9)18-11-5-2-8(7-15)6-10(11)14/h2,5-7,9H,3-4H2,1H3,(H,16,17). The molecule has 1 aromatic carbocycles. The van der Waals surface area contributed by atoms with Crippen LogP contribution in [0.3, 0.4) is 0 Å². The summed E-state index contributed by atoms with van der Waals surface area (Å²) in [4.78, 5) is 21.9. The van der Waals surface area contributed by atoms with Gasteiger partial charge in [-0.25, -0.2) is 4.79 Å². The summed E-state index contributed by atoms with van der Waals surface area (Å²) in [6, 6.07) is 4.53. The molecule has 0 spiro atoms. The van der Waals surface area contributed by atoms with E-state index in [9.17, 15) is 14.7 Å². The van der Waals surface area contributed by atoms with Crippen LogP contribution >= 0.6 is 11.6 Å². The van der Waals surface area contributed by atoms with Crippen LogP contribution in [0, 0.1) is 5.92 Å². The van der Waals surface area contributed by atoms with E-state index in [1.165, 1.54) is 12.1 Å². The smallest absolute Gasteiger partial charge is 0.348 e. The average Bonchev–Trinajstić information content (AvgIpc) is 3.15. The molecule has 1 aromatic rings. The third-order valence-corrected chi connectivity index (χ3v) is 3.49. The van der Waals surface area contributed by atoms with E-state index >= 15 is 0 Å². The van der Waals surface area contributed by atoms with Gasteiger partial charge in [0.25, 0.3) is 0 Å². The van der Waals surface area contributed by atoms with Gasteiger partial charge < -0.3 is 9.84 Å². The molecule has 18 heavy (non-hydrogen) atoms. The van der Waals surface area contributed by atoms with Gasteiger partial charge in [-0.1, -0.05) is 11.6 Å². The Balaban J connectivity index is 2.27. The van der Waals surface area contributed by atoms with Crippen LogP contribution in [0.1, 0.15) is 30.1 Å². The maximum Gasteiger partial charge on any atom is 0.348 e. The Bertz CT molecular complexity index is 496. The second-order valence-corrected chi connectivity index (χ2v) is 5.00. The summed E-state index contributed by atoms with van der Waals surface area (Å²) >= 11 is 5.97. The van der Waals surface area contributed by atoms with Crippen LogP contribution in [0.15, 0.2) is 18.2 Å². The number of carboxylic acid groups (broad SMARTS) is 1. The number of ether oxygens (including phenoxy) is 1. The Morgan fingerprint density at radius 2 is 2.22 bits per heavy atom. The van der Waals surface area contributed by atoms with Crippen LogP contribution in [0.4, 0.5) is 0 Å². The summed E-state index contributed by atoms with van der Waals surface area (Å²) in [5.41, 5.74) is -0.831. The molecule has 0 amide bonds. The lowest BCUT2D eigenvalue weighted by atomic mass is 10.0. The van der Waals surface area contributed by atoms with Crippen molar-refractivity contribution in [3.05, 3.63) is 28.8 Å². The highest BCUT2D eigenvalue weighted by Gasteiger charge is 2.50. The quantitative estimate of drug-likeness (QED) is 0.834. The zero-order chi connectivity index (χ0) is 13.3. The molecular weight excluding hydrogens is 256 g/mol. The van der Waals surface area contributed by atoms with Gasteiger partial charge in [0.05, 0.1) is 5.02 Å². The summed E-state index contributed by atoms with van der Waals surface area (Å²) in [6.07, 6.45) is 2.35. The van der Waals surface area contributed by atoms with E-state index in [0.717, 1.165) is 12.8 Å². The molecule has 5 heteroatoms. The summed E-state index contributed by atoms with van der Waals surface area (Å²) in [6.45, 7) is 1.55. The second kappa shape index (κ2) is 4.61. The topological polar surface area (TPSA) is 63.6 Å². The fraction of sp³-hybridized carbons (Fsp3) is 0.385. The number of aliphatic carboxylic acids is 1. The van der Waals surface area contributed by atoms with Gasteiger partial charge in [0.1, 0.15) is 12.0 Å². The van der Waals surface area contributed by atoms with E-state index in [4.69, 9.17) is 16.3 Å². The van der Waals surface area contributed by atoms with Gasteiger partial charge in [0.15, 0.2) is 0 Å². The lowest BCUT2D eigenvalue weighted by molar-refractivity contribution is -0.155. The monoisotopic (exact) mass is 268 g/mol. The van der Waals surface area contributed by atoms with Crippen LogP contribution in [0.25, 0.3) is 0 Å². The van der Waals surface area contributed by atoms with Crippen LogP contribution in [0.5, 0.6) is 5.75 Å². The minimum Gasteiger partial charge on any atom is -0.478 e. The number of aldehydes is 1. The van der Waals surface area contributed by atoms with Crippen LogP contribution in [-0.4, -0.2) is 23.0 Å². The van der Waals surface area contributed by atoms with Crippen molar-refractivity contribution in [2.45, 2.75) is 25.4 Å². The molecule has 1 aliphatic rings. The molecule has 0 bridgehead atoms. The molecule has 4 nitrogen and oxygen atoms in total. The van der Waals surface area contributed by atoms with E-state index in [1.54, 1.807) is 13.0 Å².